The molecule has 0 spiro atoms. The first-order chi connectivity index (χ1) is 14.7. The molecule has 3 N–H and O–H groups in total. The van der Waals surface area contributed by atoms with Crippen LogP contribution in [0.2, 0.25) is 0 Å². The lowest BCUT2D eigenvalue weighted by atomic mass is 10.2. The second-order valence-corrected chi connectivity index (χ2v) is 6.47. The van der Waals surface area contributed by atoms with Gasteiger partial charge in [0, 0.05) is 32.4 Å². The summed E-state index contributed by atoms with van der Waals surface area (Å²) < 4.78 is 15.9. The first-order valence-corrected chi connectivity index (χ1v) is 9.73. The molecule has 0 atom stereocenters. The number of anilines is 1. The number of aliphatic imine (C=N–C) groups is 1. The summed E-state index contributed by atoms with van der Waals surface area (Å²) in [5.74, 6) is 1.52. The standard InChI is InChI=1S/C22H26N4O4.HI/c1-23-22(24-10-5-11-28-16-19-8-3-12-29-19)25-15-17-6-2-7-18(14-17)26-21(27)20-9-4-13-30-20;/h2-4,6-9,12-14H,5,10-11,15-16H2,1H3,(H,26,27)(H2,23,24,25);1H. The Balaban J connectivity index is 0.00000341. The molecule has 0 aliphatic rings. The van der Waals surface area contributed by atoms with Crippen molar-refractivity contribution in [3.05, 3.63) is 78.1 Å². The van der Waals surface area contributed by atoms with Crippen molar-refractivity contribution >= 4 is 41.5 Å². The molecule has 1 aromatic carbocycles. The molecular formula is C22H27IN4O4. The number of hydrogen-bond acceptors (Lipinski definition) is 5. The van der Waals surface area contributed by atoms with Gasteiger partial charge in [-0.3, -0.25) is 9.79 Å². The van der Waals surface area contributed by atoms with Gasteiger partial charge in [0.15, 0.2) is 11.7 Å². The molecule has 0 saturated carbocycles. The van der Waals surface area contributed by atoms with Gasteiger partial charge in [-0.2, -0.15) is 0 Å². The van der Waals surface area contributed by atoms with E-state index in [0.717, 1.165) is 24.3 Å². The Morgan fingerprint density at radius 1 is 1.06 bits per heavy atom. The van der Waals surface area contributed by atoms with Crippen molar-refractivity contribution < 1.29 is 18.4 Å². The number of guanidine groups is 1. The number of rotatable bonds is 10. The Kier molecular flexibility index (Phi) is 10.7. The number of benzene rings is 1. The highest BCUT2D eigenvalue weighted by atomic mass is 127. The molecule has 3 aromatic rings. The smallest absolute Gasteiger partial charge is 0.291 e. The number of carbonyl (C=O) groups excluding carboxylic acids is 1. The number of halogens is 1. The molecule has 0 radical (unpaired) electrons. The molecule has 3 rings (SSSR count). The molecule has 166 valence electrons. The van der Waals surface area contributed by atoms with Crippen molar-refractivity contribution in [1.82, 2.24) is 10.6 Å². The summed E-state index contributed by atoms with van der Waals surface area (Å²) >= 11 is 0. The molecule has 0 unspecified atom stereocenters. The van der Waals surface area contributed by atoms with Crippen molar-refractivity contribution in [3.8, 4) is 0 Å². The predicted molar refractivity (Wildman–Crippen MR) is 130 cm³/mol. The number of amides is 1. The van der Waals surface area contributed by atoms with Crippen molar-refractivity contribution in [2.45, 2.75) is 19.6 Å². The van der Waals surface area contributed by atoms with Crippen LogP contribution in [0.4, 0.5) is 5.69 Å². The zero-order valence-electron chi connectivity index (χ0n) is 17.3. The average molecular weight is 538 g/mol. The van der Waals surface area contributed by atoms with E-state index < -0.39 is 0 Å². The van der Waals surface area contributed by atoms with Crippen molar-refractivity contribution in [2.75, 3.05) is 25.5 Å². The molecule has 0 aliphatic heterocycles. The van der Waals surface area contributed by atoms with E-state index in [1.54, 1.807) is 25.4 Å². The Bertz CT molecular complexity index is 927. The zero-order chi connectivity index (χ0) is 21.0. The SMILES string of the molecule is CN=C(NCCCOCc1ccco1)NCc1cccc(NC(=O)c2ccco2)c1.I. The summed E-state index contributed by atoms with van der Waals surface area (Å²) in [6.07, 6.45) is 3.95. The molecule has 0 fully saturated rings. The van der Waals surface area contributed by atoms with Gasteiger partial charge in [-0.1, -0.05) is 12.1 Å². The van der Waals surface area contributed by atoms with Crippen molar-refractivity contribution in [3.63, 3.8) is 0 Å². The fourth-order valence-corrected chi connectivity index (χ4v) is 2.71. The lowest BCUT2D eigenvalue weighted by Crippen LogP contribution is -2.37. The maximum Gasteiger partial charge on any atom is 0.291 e. The van der Waals surface area contributed by atoms with Gasteiger partial charge in [0.25, 0.3) is 5.91 Å². The maximum atomic E-state index is 12.1. The third-order valence-electron chi connectivity index (χ3n) is 4.20. The number of hydrogen-bond donors (Lipinski definition) is 3. The lowest BCUT2D eigenvalue weighted by Gasteiger charge is -2.13. The van der Waals surface area contributed by atoms with Crippen LogP contribution in [0.3, 0.4) is 0 Å². The minimum atomic E-state index is -0.281. The normalized spacial score (nSPS) is 10.9. The second kappa shape index (κ2) is 13.5. The third-order valence-corrected chi connectivity index (χ3v) is 4.20. The van der Waals surface area contributed by atoms with Crippen LogP contribution >= 0.6 is 24.0 Å². The van der Waals surface area contributed by atoms with Crippen LogP contribution < -0.4 is 16.0 Å². The summed E-state index contributed by atoms with van der Waals surface area (Å²) in [4.78, 5) is 16.3. The fraction of sp³-hybridized carbons (Fsp3) is 0.273. The molecule has 2 aromatic heterocycles. The Labute approximate surface area is 198 Å². The first-order valence-electron chi connectivity index (χ1n) is 9.73. The van der Waals surface area contributed by atoms with E-state index in [1.165, 1.54) is 6.26 Å². The summed E-state index contributed by atoms with van der Waals surface area (Å²) in [7, 11) is 1.72. The van der Waals surface area contributed by atoms with E-state index in [0.29, 0.717) is 31.4 Å². The first kappa shape index (κ1) is 24.5. The summed E-state index contributed by atoms with van der Waals surface area (Å²) in [5, 5.41) is 9.33. The predicted octanol–water partition coefficient (Wildman–Crippen LogP) is 4.01. The van der Waals surface area contributed by atoms with Gasteiger partial charge >= 0.3 is 0 Å². The molecule has 0 saturated heterocycles. The number of furan rings is 2. The summed E-state index contributed by atoms with van der Waals surface area (Å²) in [5.41, 5.74) is 1.71. The number of nitrogens with zero attached hydrogens (tertiary/aromatic N) is 1. The summed E-state index contributed by atoms with van der Waals surface area (Å²) in [6.45, 7) is 2.41. The van der Waals surface area contributed by atoms with E-state index in [1.807, 2.05) is 36.4 Å². The number of carbonyl (C=O) groups is 1. The van der Waals surface area contributed by atoms with E-state index in [-0.39, 0.29) is 35.6 Å². The molecule has 1 amide bonds. The van der Waals surface area contributed by atoms with Gasteiger partial charge in [0.2, 0.25) is 0 Å². The molecular weight excluding hydrogens is 511 g/mol. The number of ether oxygens (including phenoxy) is 1. The minimum Gasteiger partial charge on any atom is -0.467 e. The molecule has 0 aliphatic carbocycles. The monoisotopic (exact) mass is 538 g/mol. The van der Waals surface area contributed by atoms with Crippen LogP contribution in [-0.4, -0.2) is 32.1 Å². The van der Waals surface area contributed by atoms with Crippen molar-refractivity contribution in [2.24, 2.45) is 4.99 Å². The van der Waals surface area contributed by atoms with Gasteiger partial charge in [-0.15, -0.1) is 24.0 Å². The van der Waals surface area contributed by atoms with Crippen LogP contribution in [0.1, 0.15) is 28.3 Å². The van der Waals surface area contributed by atoms with Crippen LogP contribution in [0.25, 0.3) is 0 Å². The Morgan fingerprint density at radius 2 is 1.90 bits per heavy atom. The molecule has 0 bridgehead atoms. The van der Waals surface area contributed by atoms with E-state index in [2.05, 4.69) is 20.9 Å². The van der Waals surface area contributed by atoms with E-state index >= 15 is 0 Å². The van der Waals surface area contributed by atoms with Crippen molar-refractivity contribution in [1.29, 1.82) is 0 Å². The Morgan fingerprint density at radius 3 is 2.65 bits per heavy atom. The quantitative estimate of drug-likeness (QED) is 0.156. The van der Waals surface area contributed by atoms with Gasteiger partial charge in [0.1, 0.15) is 12.4 Å². The highest BCUT2D eigenvalue weighted by Gasteiger charge is 2.09. The largest absolute Gasteiger partial charge is 0.467 e. The average Bonchev–Trinajstić information content (AvgIpc) is 3.47. The molecule has 31 heavy (non-hydrogen) atoms. The van der Waals surface area contributed by atoms with Crippen LogP contribution in [0.15, 0.2) is 74.9 Å². The fourth-order valence-electron chi connectivity index (χ4n) is 2.71. The molecule has 8 nitrogen and oxygen atoms in total. The lowest BCUT2D eigenvalue weighted by molar-refractivity contribution is 0.0996. The highest BCUT2D eigenvalue weighted by molar-refractivity contribution is 14.0. The van der Waals surface area contributed by atoms with Crippen LogP contribution in [-0.2, 0) is 17.9 Å². The zero-order valence-corrected chi connectivity index (χ0v) is 19.6. The van der Waals surface area contributed by atoms with Gasteiger partial charge in [-0.05, 0) is 48.4 Å². The van der Waals surface area contributed by atoms with E-state index in [4.69, 9.17) is 13.6 Å². The van der Waals surface area contributed by atoms with Crippen LogP contribution in [0.5, 0.6) is 0 Å². The third kappa shape index (κ3) is 8.46. The maximum absolute atomic E-state index is 12.1. The van der Waals surface area contributed by atoms with Gasteiger partial charge < -0.3 is 29.5 Å². The molecule has 2 heterocycles. The van der Waals surface area contributed by atoms with Crippen LogP contribution in [0, 0.1) is 0 Å². The van der Waals surface area contributed by atoms with Gasteiger partial charge in [-0.25, -0.2) is 0 Å². The highest BCUT2D eigenvalue weighted by Crippen LogP contribution is 2.12. The topological polar surface area (TPSA) is 101 Å². The van der Waals surface area contributed by atoms with Gasteiger partial charge in [0.05, 0.1) is 12.5 Å². The minimum absolute atomic E-state index is 0. The summed E-state index contributed by atoms with van der Waals surface area (Å²) in [6, 6.07) is 14.6. The molecule has 9 heteroatoms. The Hall–Kier alpha value is -2.79. The van der Waals surface area contributed by atoms with E-state index in [9.17, 15) is 4.79 Å². The second-order valence-electron chi connectivity index (χ2n) is 6.47. The number of nitrogens with one attached hydrogen (secondary N) is 3.